The second kappa shape index (κ2) is 11.4. The molecule has 0 N–H and O–H groups in total. The van der Waals surface area contributed by atoms with Crippen LogP contribution in [-0.4, -0.2) is 34.2 Å². The molecule has 5 nitrogen and oxygen atoms in total. The van der Waals surface area contributed by atoms with Gasteiger partial charge in [-0.1, -0.05) is 58.0 Å². The van der Waals surface area contributed by atoms with E-state index in [0.29, 0.717) is 31.3 Å². The van der Waals surface area contributed by atoms with Gasteiger partial charge in [0, 0.05) is 45.5 Å². The smallest absolute Gasteiger partial charge is 0.223 e. The number of ether oxygens (including phenoxy) is 1. The summed E-state index contributed by atoms with van der Waals surface area (Å²) in [6.45, 7) is 20.6. The first-order valence-electron chi connectivity index (χ1n) is 12.1. The second-order valence-corrected chi connectivity index (χ2v) is 18.6. The van der Waals surface area contributed by atoms with Gasteiger partial charge in [-0.2, -0.15) is 0 Å². The molecule has 1 heterocycles. The maximum Gasteiger partial charge on any atom is 0.223 e. The third kappa shape index (κ3) is 7.92. The van der Waals surface area contributed by atoms with Crippen molar-refractivity contribution < 1.29 is 13.4 Å². The lowest BCUT2D eigenvalue weighted by Crippen LogP contribution is -2.41. The molecule has 34 heavy (non-hydrogen) atoms. The van der Waals surface area contributed by atoms with Crippen molar-refractivity contribution >= 4 is 19.1 Å². The van der Waals surface area contributed by atoms with Crippen LogP contribution in [-0.2, 0) is 28.4 Å². The monoisotopic (exact) mass is 505 g/mol. The quantitative estimate of drug-likeness (QED) is 0.366. The zero-order valence-corrected chi connectivity index (χ0v) is 24.3. The Morgan fingerprint density at radius 3 is 2.24 bits per heavy atom. The van der Waals surface area contributed by atoms with Crippen molar-refractivity contribution in [2.75, 3.05) is 12.4 Å². The first kappa shape index (κ1) is 28.5. The van der Waals surface area contributed by atoms with Crippen LogP contribution < -0.4 is 10.2 Å². The van der Waals surface area contributed by atoms with Crippen molar-refractivity contribution in [2.45, 2.75) is 90.4 Å². The number of hydrogen-bond donors (Lipinski definition) is 0. The molecule has 0 saturated carbocycles. The normalized spacial score (nSPS) is 14.6. The SMILES string of the molecule is CC(CS(=O)C(C)(C)C)c1cc(=O)c(OCc2ccccc2)cn1CCO[Si](C)(C)C(C)(C)C. The average molecular weight is 506 g/mol. The first-order valence-corrected chi connectivity index (χ1v) is 16.3. The fourth-order valence-electron chi connectivity index (χ4n) is 3.21. The molecule has 2 rings (SSSR count). The van der Waals surface area contributed by atoms with Gasteiger partial charge < -0.3 is 13.7 Å². The Balaban J connectivity index is 2.30. The highest BCUT2D eigenvalue weighted by Crippen LogP contribution is 2.36. The predicted octanol–water partition coefficient (Wildman–Crippen LogP) is 6.10. The largest absolute Gasteiger partial charge is 0.483 e. The van der Waals surface area contributed by atoms with E-state index in [-0.39, 0.29) is 21.1 Å². The predicted molar refractivity (Wildman–Crippen MR) is 146 cm³/mol. The fourth-order valence-corrected chi connectivity index (χ4v) is 5.37. The molecular weight excluding hydrogens is 462 g/mol. The van der Waals surface area contributed by atoms with Crippen LogP contribution in [0.2, 0.25) is 18.1 Å². The fraction of sp³-hybridized carbons (Fsp3) is 0.593. The van der Waals surface area contributed by atoms with Gasteiger partial charge in [-0.15, -0.1) is 0 Å². The highest BCUT2D eigenvalue weighted by atomic mass is 32.2. The number of aromatic nitrogens is 1. The van der Waals surface area contributed by atoms with Gasteiger partial charge in [0.05, 0.1) is 12.8 Å². The highest BCUT2D eigenvalue weighted by Gasteiger charge is 2.37. The van der Waals surface area contributed by atoms with Crippen LogP contribution in [0.4, 0.5) is 0 Å². The van der Waals surface area contributed by atoms with Crippen LogP contribution in [0.3, 0.4) is 0 Å². The third-order valence-corrected chi connectivity index (χ3v) is 13.3. The molecule has 1 aromatic carbocycles. The summed E-state index contributed by atoms with van der Waals surface area (Å²) in [6.07, 6.45) is 1.80. The van der Waals surface area contributed by atoms with E-state index in [4.69, 9.17) is 9.16 Å². The Hall–Kier alpha value is -1.70. The lowest BCUT2D eigenvalue weighted by Gasteiger charge is -2.36. The summed E-state index contributed by atoms with van der Waals surface area (Å²) in [4.78, 5) is 12.9. The van der Waals surface area contributed by atoms with Gasteiger partial charge in [0.2, 0.25) is 5.43 Å². The molecule has 0 spiro atoms. The molecule has 2 atom stereocenters. The topological polar surface area (TPSA) is 57.5 Å². The van der Waals surface area contributed by atoms with Crippen LogP contribution in [0.5, 0.6) is 5.75 Å². The van der Waals surface area contributed by atoms with Gasteiger partial charge >= 0.3 is 0 Å². The van der Waals surface area contributed by atoms with E-state index in [1.54, 1.807) is 12.3 Å². The Morgan fingerprint density at radius 2 is 1.68 bits per heavy atom. The van der Waals surface area contributed by atoms with Crippen molar-refractivity contribution in [2.24, 2.45) is 0 Å². The molecule has 0 aliphatic heterocycles. The first-order chi connectivity index (χ1) is 15.6. The van der Waals surface area contributed by atoms with E-state index >= 15 is 0 Å². The van der Waals surface area contributed by atoms with Gasteiger partial charge in [-0.3, -0.25) is 9.00 Å². The van der Waals surface area contributed by atoms with Crippen molar-refractivity contribution in [1.82, 2.24) is 4.57 Å². The summed E-state index contributed by atoms with van der Waals surface area (Å²) < 4.78 is 26.9. The standard InChI is InChI=1S/C27H43NO4SSi/c1-21(20-33(30)26(2,3)4)23-17-24(29)25(31-19-22-13-11-10-12-14-22)18-28(23)15-16-32-34(8,9)27(5,6)7/h10-14,17-18,21H,15-16,19-20H2,1-9H3. The molecule has 0 radical (unpaired) electrons. The van der Waals surface area contributed by atoms with E-state index in [1.165, 1.54) is 0 Å². The third-order valence-electron chi connectivity index (χ3n) is 6.55. The molecule has 0 bridgehead atoms. The van der Waals surface area contributed by atoms with Gasteiger partial charge in [-0.05, 0) is 44.5 Å². The van der Waals surface area contributed by atoms with Crippen molar-refractivity contribution in [3.05, 3.63) is 64.1 Å². The van der Waals surface area contributed by atoms with Gasteiger partial charge in [-0.25, -0.2) is 0 Å². The number of nitrogens with zero attached hydrogens (tertiary/aromatic N) is 1. The van der Waals surface area contributed by atoms with Crippen LogP contribution >= 0.6 is 0 Å². The minimum atomic E-state index is -1.89. The number of pyridine rings is 1. The van der Waals surface area contributed by atoms with E-state index in [1.807, 2.05) is 58.0 Å². The van der Waals surface area contributed by atoms with Gasteiger partial charge in [0.1, 0.15) is 6.61 Å². The summed E-state index contributed by atoms with van der Waals surface area (Å²) >= 11 is 0. The van der Waals surface area contributed by atoms with Crippen LogP contribution in [0, 0.1) is 0 Å². The molecule has 0 fully saturated rings. The molecule has 0 amide bonds. The molecule has 0 saturated heterocycles. The molecular formula is C27H43NO4SSi. The number of hydrogen-bond acceptors (Lipinski definition) is 4. The number of rotatable bonds is 10. The van der Waals surface area contributed by atoms with Crippen molar-refractivity contribution in [3.8, 4) is 5.75 Å². The maximum absolute atomic E-state index is 12.9. The van der Waals surface area contributed by atoms with Crippen LogP contribution in [0.15, 0.2) is 47.4 Å². The van der Waals surface area contributed by atoms with Crippen LogP contribution in [0.1, 0.15) is 65.6 Å². The van der Waals surface area contributed by atoms with Crippen molar-refractivity contribution in [3.63, 3.8) is 0 Å². The molecule has 2 unspecified atom stereocenters. The van der Waals surface area contributed by atoms with E-state index in [0.717, 1.165) is 11.3 Å². The van der Waals surface area contributed by atoms with E-state index in [9.17, 15) is 9.00 Å². The zero-order chi connectivity index (χ0) is 25.7. The Labute approximate surface area is 209 Å². The Bertz CT molecular complexity index is 1020. The maximum atomic E-state index is 12.9. The van der Waals surface area contributed by atoms with Gasteiger partial charge in [0.15, 0.2) is 14.1 Å². The van der Waals surface area contributed by atoms with Gasteiger partial charge in [0.25, 0.3) is 0 Å². The average Bonchev–Trinajstić information content (AvgIpc) is 2.72. The summed E-state index contributed by atoms with van der Waals surface area (Å²) in [5.41, 5.74) is 1.72. The summed E-state index contributed by atoms with van der Waals surface area (Å²) in [7, 11) is -2.91. The lowest BCUT2D eigenvalue weighted by molar-refractivity contribution is 0.265. The minimum Gasteiger partial charge on any atom is -0.483 e. The molecule has 7 heteroatoms. The van der Waals surface area contributed by atoms with E-state index in [2.05, 4.69) is 38.4 Å². The minimum absolute atomic E-state index is 0.0381. The summed E-state index contributed by atoms with van der Waals surface area (Å²) in [5.74, 6) is 0.781. The molecule has 0 aliphatic carbocycles. The zero-order valence-electron chi connectivity index (χ0n) is 22.4. The Kier molecular flexibility index (Phi) is 9.53. The molecule has 0 aliphatic rings. The number of benzene rings is 1. The van der Waals surface area contributed by atoms with Crippen molar-refractivity contribution in [1.29, 1.82) is 0 Å². The second-order valence-electron chi connectivity index (χ2n) is 11.5. The highest BCUT2D eigenvalue weighted by molar-refractivity contribution is 7.86. The molecule has 190 valence electrons. The Morgan fingerprint density at radius 1 is 1.06 bits per heavy atom. The summed E-state index contributed by atoms with van der Waals surface area (Å²) in [6, 6.07) is 11.5. The molecule has 2 aromatic rings. The van der Waals surface area contributed by atoms with E-state index < -0.39 is 19.1 Å². The van der Waals surface area contributed by atoms with Crippen LogP contribution in [0.25, 0.3) is 0 Å². The molecule has 1 aromatic heterocycles. The lowest BCUT2D eigenvalue weighted by atomic mass is 10.1. The summed E-state index contributed by atoms with van der Waals surface area (Å²) in [5, 5.41) is 0.125.